The van der Waals surface area contributed by atoms with Crippen LogP contribution in [-0.4, -0.2) is 6.04 Å². The summed E-state index contributed by atoms with van der Waals surface area (Å²) < 4.78 is 0. The van der Waals surface area contributed by atoms with Crippen molar-refractivity contribution in [2.75, 3.05) is 0 Å². The molecule has 1 atom stereocenters. The molecule has 66 valence electrons. The summed E-state index contributed by atoms with van der Waals surface area (Å²) in [5.74, 6) is 0.727. The highest BCUT2D eigenvalue weighted by molar-refractivity contribution is 5.27. The molecule has 0 aromatic heterocycles. The molecule has 0 saturated heterocycles. The van der Waals surface area contributed by atoms with E-state index in [0.717, 1.165) is 5.92 Å². The van der Waals surface area contributed by atoms with Crippen LogP contribution in [0.2, 0.25) is 0 Å². The van der Waals surface area contributed by atoms with E-state index < -0.39 is 0 Å². The normalized spacial score (nSPS) is 21.3. The second-order valence-electron chi connectivity index (χ2n) is 3.25. The minimum absolute atomic E-state index is 0.242. The molecule has 12 heavy (non-hydrogen) atoms. The van der Waals surface area contributed by atoms with Gasteiger partial charge < -0.3 is 5.73 Å². The first-order valence-corrected chi connectivity index (χ1v) is 4.50. The molecule has 0 aliphatic heterocycles. The monoisotopic (exact) mass is 163 g/mol. The molecule has 1 rings (SSSR count). The molecular formula is C11H17N. The predicted molar refractivity (Wildman–Crippen MR) is 53.8 cm³/mol. The van der Waals surface area contributed by atoms with Crippen molar-refractivity contribution < 1.29 is 0 Å². The summed E-state index contributed by atoms with van der Waals surface area (Å²) >= 11 is 0. The van der Waals surface area contributed by atoms with Gasteiger partial charge in [0.05, 0.1) is 0 Å². The van der Waals surface area contributed by atoms with Gasteiger partial charge in [-0.3, -0.25) is 0 Å². The minimum Gasteiger partial charge on any atom is -0.324 e. The fraction of sp³-hybridized carbons (Fsp3) is 0.455. The van der Waals surface area contributed by atoms with Crippen molar-refractivity contribution in [3.63, 3.8) is 0 Å². The van der Waals surface area contributed by atoms with E-state index in [-0.39, 0.29) is 6.04 Å². The number of hydrogen-bond donors (Lipinski definition) is 1. The summed E-state index contributed by atoms with van der Waals surface area (Å²) in [6.07, 6.45) is 10.4. The van der Waals surface area contributed by atoms with Gasteiger partial charge in [0, 0.05) is 6.04 Å². The first-order valence-electron chi connectivity index (χ1n) is 4.50. The molecule has 1 saturated carbocycles. The van der Waals surface area contributed by atoms with Gasteiger partial charge in [-0.05, 0) is 31.3 Å². The zero-order chi connectivity index (χ0) is 8.97. The molecular weight excluding hydrogens is 146 g/mol. The van der Waals surface area contributed by atoms with Crippen LogP contribution in [-0.2, 0) is 0 Å². The number of nitrogens with two attached hydrogens (primary N) is 1. The Morgan fingerprint density at radius 3 is 2.67 bits per heavy atom. The van der Waals surface area contributed by atoms with E-state index >= 15 is 0 Å². The zero-order valence-corrected chi connectivity index (χ0v) is 7.66. The second-order valence-corrected chi connectivity index (χ2v) is 3.25. The van der Waals surface area contributed by atoms with Gasteiger partial charge in [0.2, 0.25) is 0 Å². The van der Waals surface area contributed by atoms with Crippen LogP contribution in [0.5, 0.6) is 0 Å². The van der Waals surface area contributed by atoms with Gasteiger partial charge in [-0.15, -0.1) is 0 Å². The predicted octanol–water partition coefficient (Wildman–Crippen LogP) is 2.41. The van der Waals surface area contributed by atoms with Crippen molar-refractivity contribution >= 4 is 0 Å². The number of allylic oxidation sites excluding steroid dienone is 3. The quantitative estimate of drug-likeness (QED) is 0.633. The summed E-state index contributed by atoms with van der Waals surface area (Å²) in [6, 6.07) is 0.242. The lowest BCUT2D eigenvalue weighted by Gasteiger charge is -2.10. The summed E-state index contributed by atoms with van der Waals surface area (Å²) in [6.45, 7) is 5.66. The van der Waals surface area contributed by atoms with Crippen LogP contribution in [0, 0.1) is 5.92 Å². The van der Waals surface area contributed by atoms with Gasteiger partial charge in [0.1, 0.15) is 0 Å². The van der Waals surface area contributed by atoms with Gasteiger partial charge in [-0.25, -0.2) is 0 Å². The Bertz CT molecular complexity index is 209. The van der Waals surface area contributed by atoms with E-state index in [1.807, 2.05) is 13.0 Å². The molecule has 1 fully saturated rings. The van der Waals surface area contributed by atoms with Crippen molar-refractivity contribution in [1.82, 2.24) is 0 Å². The Hall–Kier alpha value is -0.820. The molecule has 2 N–H and O–H groups in total. The van der Waals surface area contributed by atoms with Crippen molar-refractivity contribution in [3.05, 3.63) is 36.5 Å². The molecule has 1 nitrogen and oxygen atoms in total. The van der Waals surface area contributed by atoms with Crippen LogP contribution in [0.1, 0.15) is 19.8 Å². The summed E-state index contributed by atoms with van der Waals surface area (Å²) in [7, 11) is 0. The molecule has 0 radical (unpaired) electrons. The summed E-state index contributed by atoms with van der Waals surface area (Å²) in [5, 5.41) is 0. The molecule has 0 aromatic carbocycles. The Balaban J connectivity index is 2.54. The summed E-state index contributed by atoms with van der Waals surface area (Å²) in [5.41, 5.74) is 7.25. The standard InChI is InChI=1S/C11H17N/c1-3-5-6-9(4-2)11(12)10-7-8-10/h3-6,10-11H,1,7-8,12H2,2H3/b6-5-,9-4+/t11-/m0/s1. The highest BCUT2D eigenvalue weighted by Crippen LogP contribution is 2.34. The maximum Gasteiger partial charge on any atom is 0.0320 e. The molecule has 0 amide bonds. The average molecular weight is 163 g/mol. The van der Waals surface area contributed by atoms with Crippen LogP contribution < -0.4 is 5.73 Å². The molecule has 1 aliphatic rings. The first kappa shape index (κ1) is 9.27. The second kappa shape index (κ2) is 4.27. The van der Waals surface area contributed by atoms with E-state index in [0.29, 0.717) is 0 Å². The molecule has 0 aromatic rings. The Kier molecular flexibility index (Phi) is 3.30. The smallest absolute Gasteiger partial charge is 0.0320 e. The van der Waals surface area contributed by atoms with Crippen LogP contribution in [0.15, 0.2) is 36.5 Å². The summed E-state index contributed by atoms with van der Waals surface area (Å²) in [4.78, 5) is 0. The van der Waals surface area contributed by atoms with Crippen molar-refractivity contribution in [2.45, 2.75) is 25.8 Å². The molecule has 0 heterocycles. The number of rotatable bonds is 4. The minimum atomic E-state index is 0.242. The highest BCUT2D eigenvalue weighted by Gasteiger charge is 2.29. The van der Waals surface area contributed by atoms with Crippen LogP contribution in [0.3, 0.4) is 0 Å². The lowest BCUT2D eigenvalue weighted by Crippen LogP contribution is -2.23. The zero-order valence-electron chi connectivity index (χ0n) is 7.66. The third-order valence-corrected chi connectivity index (χ3v) is 2.27. The fourth-order valence-electron chi connectivity index (χ4n) is 1.31. The van der Waals surface area contributed by atoms with E-state index in [1.54, 1.807) is 6.08 Å². The largest absolute Gasteiger partial charge is 0.324 e. The fourth-order valence-corrected chi connectivity index (χ4v) is 1.31. The Labute approximate surface area is 74.7 Å². The molecule has 0 bridgehead atoms. The van der Waals surface area contributed by atoms with Crippen molar-refractivity contribution in [3.8, 4) is 0 Å². The SMILES string of the molecule is C=C/C=C\C(=C/C)[C@H](N)C1CC1. The molecule has 0 spiro atoms. The number of hydrogen-bond acceptors (Lipinski definition) is 1. The van der Waals surface area contributed by atoms with Crippen LogP contribution in [0.25, 0.3) is 0 Å². The van der Waals surface area contributed by atoms with Crippen LogP contribution in [0.4, 0.5) is 0 Å². The maximum absolute atomic E-state index is 6.02. The van der Waals surface area contributed by atoms with Gasteiger partial charge >= 0.3 is 0 Å². The molecule has 1 heteroatoms. The van der Waals surface area contributed by atoms with E-state index in [1.165, 1.54) is 18.4 Å². The van der Waals surface area contributed by atoms with Crippen molar-refractivity contribution in [1.29, 1.82) is 0 Å². The molecule has 0 unspecified atom stereocenters. The van der Waals surface area contributed by atoms with E-state index in [9.17, 15) is 0 Å². The van der Waals surface area contributed by atoms with Gasteiger partial charge in [-0.1, -0.05) is 30.9 Å². The van der Waals surface area contributed by atoms with Crippen molar-refractivity contribution in [2.24, 2.45) is 11.7 Å². The Morgan fingerprint density at radius 2 is 2.25 bits per heavy atom. The van der Waals surface area contributed by atoms with E-state index in [2.05, 4.69) is 18.7 Å². The third kappa shape index (κ3) is 2.35. The molecule has 1 aliphatic carbocycles. The maximum atomic E-state index is 6.02. The first-order chi connectivity index (χ1) is 5.79. The van der Waals surface area contributed by atoms with Gasteiger partial charge in [0.15, 0.2) is 0 Å². The van der Waals surface area contributed by atoms with Gasteiger partial charge in [0.25, 0.3) is 0 Å². The van der Waals surface area contributed by atoms with E-state index in [4.69, 9.17) is 5.73 Å². The Morgan fingerprint density at radius 1 is 1.58 bits per heavy atom. The average Bonchev–Trinajstić information content (AvgIpc) is 2.88. The highest BCUT2D eigenvalue weighted by atomic mass is 14.7. The topological polar surface area (TPSA) is 26.0 Å². The third-order valence-electron chi connectivity index (χ3n) is 2.27. The van der Waals surface area contributed by atoms with Crippen LogP contribution >= 0.6 is 0 Å². The van der Waals surface area contributed by atoms with Gasteiger partial charge in [-0.2, -0.15) is 0 Å². The lowest BCUT2D eigenvalue weighted by molar-refractivity contribution is 0.686. The lowest BCUT2D eigenvalue weighted by atomic mass is 10.0.